The monoisotopic (exact) mass is 840 g/mol. The Bertz CT molecular complexity index is 1040. The molecule has 0 heterocycles. The second kappa shape index (κ2) is 42.0. The van der Waals surface area contributed by atoms with Crippen molar-refractivity contribution in [3.63, 3.8) is 0 Å². The number of ether oxygens (including phenoxy) is 5. The minimum Gasteiger partial charge on any atom is -0.466 e. The fourth-order valence-corrected chi connectivity index (χ4v) is 6.82. The third kappa shape index (κ3) is 40.5. The Morgan fingerprint density at radius 3 is 1.24 bits per heavy atom. The van der Waals surface area contributed by atoms with Crippen LogP contribution in [-0.4, -0.2) is 87.9 Å². The zero-order chi connectivity index (χ0) is 43.6. The topological polar surface area (TPSA) is 135 Å². The molecule has 0 N–H and O–H groups in total. The molecule has 0 aliphatic carbocycles. The average Bonchev–Trinajstić information content (AvgIpc) is 3.21. The van der Waals surface area contributed by atoms with Crippen LogP contribution in [0.5, 0.6) is 0 Å². The summed E-state index contributed by atoms with van der Waals surface area (Å²) < 4.78 is 27.4. The van der Waals surface area contributed by atoms with E-state index in [1.54, 1.807) is 0 Å². The zero-order valence-corrected chi connectivity index (χ0v) is 38.6. The van der Waals surface area contributed by atoms with Crippen molar-refractivity contribution in [1.29, 1.82) is 0 Å². The van der Waals surface area contributed by atoms with Crippen molar-refractivity contribution in [3.05, 3.63) is 0 Å². The largest absolute Gasteiger partial charge is 0.466 e. The van der Waals surface area contributed by atoms with Crippen molar-refractivity contribution in [3.8, 4) is 0 Å². The van der Waals surface area contributed by atoms with E-state index in [-0.39, 0.29) is 56.4 Å². The SMILES string of the molecule is CCCCCCCCCOC(=O)CCCCCCCC(=O)OCC(COC(=O)CCCCCCCC(=O)OCC(CCCC)CCCCCC)OC(=O)CCCN(C)C. The summed E-state index contributed by atoms with van der Waals surface area (Å²) in [5, 5.41) is 0. The van der Waals surface area contributed by atoms with E-state index in [0.29, 0.717) is 51.2 Å². The molecule has 346 valence electrons. The number of hydrogen-bond acceptors (Lipinski definition) is 11. The van der Waals surface area contributed by atoms with Crippen molar-refractivity contribution in [2.75, 3.05) is 47.1 Å². The number of unbranched alkanes of at least 4 members (excludes halogenated alkanes) is 18. The molecule has 0 spiro atoms. The van der Waals surface area contributed by atoms with Gasteiger partial charge < -0.3 is 28.6 Å². The average molecular weight is 840 g/mol. The molecule has 2 atom stereocenters. The highest BCUT2D eigenvalue weighted by atomic mass is 16.6. The third-order valence-electron chi connectivity index (χ3n) is 10.6. The van der Waals surface area contributed by atoms with Gasteiger partial charge in [0.1, 0.15) is 13.2 Å². The number of rotatable bonds is 43. The Morgan fingerprint density at radius 1 is 0.390 bits per heavy atom. The van der Waals surface area contributed by atoms with Crippen molar-refractivity contribution < 1.29 is 47.7 Å². The minimum absolute atomic E-state index is 0.113. The maximum Gasteiger partial charge on any atom is 0.306 e. The summed E-state index contributed by atoms with van der Waals surface area (Å²) >= 11 is 0. The number of nitrogens with zero attached hydrogens (tertiary/aromatic N) is 1. The molecular formula is C48H89NO10. The smallest absolute Gasteiger partial charge is 0.306 e. The van der Waals surface area contributed by atoms with Gasteiger partial charge in [0.25, 0.3) is 0 Å². The molecule has 59 heavy (non-hydrogen) atoms. The molecule has 0 aromatic carbocycles. The fraction of sp³-hybridized carbons (Fsp3) is 0.896. The summed E-state index contributed by atoms with van der Waals surface area (Å²) in [6, 6.07) is 0. The Kier molecular flexibility index (Phi) is 40.1. The quantitative estimate of drug-likeness (QED) is 0.0330. The number of carbonyl (C=O) groups excluding carboxylic acids is 5. The predicted molar refractivity (Wildman–Crippen MR) is 236 cm³/mol. The molecular weight excluding hydrogens is 751 g/mol. The molecule has 0 saturated carbocycles. The first-order valence-corrected chi connectivity index (χ1v) is 24.1. The maximum absolute atomic E-state index is 12.5. The van der Waals surface area contributed by atoms with Gasteiger partial charge in [-0.05, 0) is 77.9 Å². The Balaban J connectivity index is 4.30. The molecule has 0 radical (unpaired) electrons. The first kappa shape index (κ1) is 56.3. The molecule has 0 saturated heterocycles. The van der Waals surface area contributed by atoms with Crippen molar-refractivity contribution in [1.82, 2.24) is 4.90 Å². The molecule has 0 aliphatic rings. The lowest BCUT2D eigenvalue weighted by atomic mass is 9.96. The van der Waals surface area contributed by atoms with Crippen molar-refractivity contribution >= 4 is 29.8 Å². The van der Waals surface area contributed by atoms with E-state index in [1.165, 1.54) is 64.2 Å². The van der Waals surface area contributed by atoms with E-state index in [4.69, 9.17) is 23.7 Å². The highest BCUT2D eigenvalue weighted by Crippen LogP contribution is 2.19. The van der Waals surface area contributed by atoms with Gasteiger partial charge in [0.15, 0.2) is 6.10 Å². The first-order chi connectivity index (χ1) is 28.6. The normalized spacial score (nSPS) is 12.2. The van der Waals surface area contributed by atoms with E-state index in [2.05, 4.69) is 20.8 Å². The number of hydrogen-bond donors (Lipinski definition) is 0. The molecule has 0 fully saturated rings. The standard InChI is InChI=1S/C48H89NO10/c1-6-9-12-14-15-22-28-38-55-44(50)32-24-18-16-20-26-34-46(52)57-40-43(59-48(54)36-29-37-49(4)5)41-58-47(53)35-27-21-17-19-25-33-45(51)56-39-42(30-11-8-3)31-23-13-10-7-2/h42-43H,6-41H2,1-5H3. The van der Waals surface area contributed by atoms with Crippen LogP contribution < -0.4 is 0 Å². The van der Waals surface area contributed by atoms with Gasteiger partial charge in [0, 0.05) is 32.1 Å². The molecule has 0 aliphatic heterocycles. The Hall–Kier alpha value is -2.69. The van der Waals surface area contributed by atoms with E-state index >= 15 is 0 Å². The van der Waals surface area contributed by atoms with Crippen LogP contribution >= 0.6 is 0 Å². The zero-order valence-electron chi connectivity index (χ0n) is 38.6. The van der Waals surface area contributed by atoms with Gasteiger partial charge in [0.05, 0.1) is 13.2 Å². The van der Waals surface area contributed by atoms with Gasteiger partial charge in [-0.2, -0.15) is 0 Å². The van der Waals surface area contributed by atoms with Gasteiger partial charge in [-0.25, -0.2) is 0 Å². The molecule has 11 nitrogen and oxygen atoms in total. The lowest BCUT2D eigenvalue weighted by Crippen LogP contribution is -2.31. The summed E-state index contributed by atoms with van der Waals surface area (Å²) in [7, 11) is 3.86. The van der Waals surface area contributed by atoms with Crippen LogP contribution in [0.3, 0.4) is 0 Å². The van der Waals surface area contributed by atoms with Crippen molar-refractivity contribution in [2.24, 2.45) is 5.92 Å². The van der Waals surface area contributed by atoms with E-state index in [1.807, 2.05) is 19.0 Å². The van der Waals surface area contributed by atoms with Crippen LogP contribution in [0.25, 0.3) is 0 Å². The summed E-state index contributed by atoms with van der Waals surface area (Å²) in [5.41, 5.74) is 0. The molecule has 0 rings (SSSR count). The van der Waals surface area contributed by atoms with E-state index in [0.717, 1.165) is 90.0 Å². The second-order valence-corrected chi connectivity index (χ2v) is 16.8. The van der Waals surface area contributed by atoms with Gasteiger partial charge >= 0.3 is 29.8 Å². The minimum atomic E-state index is -0.872. The summed E-state index contributed by atoms with van der Waals surface area (Å²) in [5.74, 6) is -0.975. The van der Waals surface area contributed by atoms with Crippen molar-refractivity contribution in [2.45, 2.75) is 226 Å². The lowest BCUT2D eigenvalue weighted by Gasteiger charge is -2.18. The summed E-state index contributed by atoms with van der Waals surface area (Å²) in [6.45, 7) is 8.06. The van der Waals surface area contributed by atoms with E-state index < -0.39 is 12.1 Å². The summed E-state index contributed by atoms with van der Waals surface area (Å²) in [4.78, 5) is 63.8. The van der Waals surface area contributed by atoms with Gasteiger partial charge in [-0.1, -0.05) is 136 Å². The third-order valence-corrected chi connectivity index (χ3v) is 10.6. The highest BCUT2D eigenvalue weighted by Gasteiger charge is 2.20. The highest BCUT2D eigenvalue weighted by molar-refractivity contribution is 5.71. The van der Waals surface area contributed by atoms with Gasteiger partial charge in [-0.15, -0.1) is 0 Å². The molecule has 0 aromatic heterocycles. The van der Waals surface area contributed by atoms with Crippen LogP contribution in [0.1, 0.15) is 220 Å². The van der Waals surface area contributed by atoms with Gasteiger partial charge in [0.2, 0.25) is 0 Å². The van der Waals surface area contributed by atoms with Crippen LogP contribution in [-0.2, 0) is 47.7 Å². The maximum atomic E-state index is 12.5. The Morgan fingerprint density at radius 2 is 0.763 bits per heavy atom. The van der Waals surface area contributed by atoms with Crippen LogP contribution in [0.15, 0.2) is 0 Å². The molecule has 0 amide bonds. The molecule has 0 aromatic rings. The predicted octanol–water partition coefficient (Wildman–Crippen LogP) is 11.4. The fourth-order valence-electron chi connectivity index (χ4n) is 6.82. The number of esters is 5. The molecule has 0 bridgehead atoms. The first-order valence-electron chi connectivity index (χ1n) is 24.1. The second-order valence-electron chi connectivity index (χ2n) is 16.8. The molecule has 11 heteroatoms. The number of carbonyl (C=O) groups is 5. The van der Waals surface area contributed by atoms with Gasteiger partial charge in [-0.3, -0.25) is 24.0 Å². The van der Waals surface area contributed by atoms with Crippen LogP contribution in [0.2, 0.25) is 0 Å². The lowest BCUT2D eigenvalue weighted by molar-refractivity contribution is -0.167. The van der Waals surface area contributed by atoms with Crippen LogP contribution in [0.4, 0.5) is 0 Å². The van der Waals surface area contributed by atoms with Crippen LogP contribution in [0, 0.1) is 5.92 Å². The summed E-state index contributed by atoms with van der Waals surface area (Å²) in [6.07, 6.45) is 27.3. The Labute approximate surface area is 360 Å². The van der Waals surface area contributed by atoms with E-state index in [9.17, 15) is 24.0 Å². The molecule has 2 unspecified atom stereocenters.